The fraction of sp³-hybridized carbons (Fsp3) is 0.105. The highest BCUT2D eigenvalue weighted by Crippen LogP contribution is 2.18. The lowest BCUT2D eigenvalue weighted by atomic mass is 10.2. The van der Waals surface area contributed by atoms with Crippen molar-refractivity contribution in [1.29, 1.82) is 0 Å². The number of aromatic nitrogens is 2. The zero-order valence-corrected chi connectivity index (χ0v) is 13.9. The van der Waals surface area contributed by atoms with Crippen molar-refractivity contribution in [2.75, 3.05) is 10.6 Å². The molecule has 25 heavy (non-hydrogen) atoms. The molecule has 1 heterocycles. The number of aryl methyl sites for hydroxylation is 2. The monoisotopic (exact) mass is 336 g/mol. The largest absolute Gasteiger partial charge is 0.324 e. The summed E-state index contributed by atoms with van der Waals surface area (Å²) in [5.41, 5.74) is 3.31. The molecule has 2 aromatic carbocycles. The molecule has 1 amide bonds. The Kier molecular flexibility index (Phi) is 4.70. The number of nitrogens with one attached hydrogen (secondary N) is 2. The predicted molar refractivity (Wildman–Crippen MR) is 95.6 cm³/mol. The summed E-state index contributed by atoms with van der Waals surface area (Å²) in [7, 11) is 0. The maximum Gasteiger partial charge on any atom is 0.274 e. The lowest BCUT2D eigenvalue weighted by molar-refractivity contribution is 0.102. The smallest absolute Gasteiger partial charge is 0.274 e. The third kappa shape index (κ3) is 4.17. The standard InChI is InChI=1S/C19H17FN4O/c1-12-5-3-4-6-16(12)23-19-21-13(2)11-17(24-19)18(25)22-15-9-7-14(20)8-10-15/h3-11H,1-2H3,(H,22,25)(H,21,23,24). The van der Waals surface area contributed by atoms with Crippen LogP contribution >= 0.6 is 0 Å². The van der Waals surface area contributed by atoms with Crippen LogP contribution in [0.2, 0.25) is 0 Å². The number of carbonyl (C=O) groups is 1. The molecule has 0 unspecified atom stereocenters. The summed E-state index contributed by atoms with van der Waals surface area (Å²) in [5, 5.41) is 5.82. The Morgan fingerprint density at radius 3 is 2.44 bits per heavy atom. The fourth-order valence-electron chi connectivity index (χ4n) is 2.30. The minimum atomic E-state index is -0.384. The summed E-state index contributed by atoms with van der Waals surface area (Å²) >= 11 is 0. The summed E-state index contributed by atoms with van der Waals surface area (Å²) in [6, 6.07) is 14.9. The van der Waals surface area contributed by atoms with Gasteiger partial charge in [-0.3, -0.25) is 4.79 Å². The van der Waals surface area contributed by atoms with Crippen LogP contribution in [-0.2, 0) is 0 Å². The second kappa shape index (κ2) is 7.09. The summed E-state index contributed by atoms with van der Waals surface area (Å²) in [6.07, 6.45) is 0. The maximum atomic E-state index is 13.0. The van der Waals surface area contributed by atoms with Crippen molar-refractivity contribution in [3.63, 3.8) is 0 Å². The van der Waals surface area contributed by atoms with E-state index in [1.807, 2.05) is 31.2 Å². The van der Waals surface area contributed by atoms with Crippen LogP contribution < -0.4 is 10.6 Å². The van der Waals surface area contributed by atoms with Gasteiger partial charge in [-0.15, -0.1) is 0 Å². The van der Waals surface area contributed by atoms with Crippen LogP contribution in [0, 0.1) is 19.7 Å². The van der Waals surface area contributed by atoms with E-state index < -0.39 is 0 Å². The van der Waals surface area contributed by atoms with Gasteiger partial charge in [0.1, 0.15) is 11.5 Å². The molecule has 3 aromatic rings. The molecule has 0 saturated carbocycles. The molecule has 6 heteroatoms. The summed E-state index contributed by atoms with van der Waals surface area (Å²) in [5.74, 6) is -0.399. The number of para-hydroxylation sites is 1. The molecule has 0 saturated heterocycles. The molecule has 0 aliphatic carbocycles. The van der Waals surface area contributed by atoms with E-state index in [0.29, 0.717) is 17.3 Å². The number of nitrogens with zero attached hydrogens (tertiary/aromatic N) is 2. The highest BCUT2D eigenvalue weighted by atomic mass is 19.1. The number of hydrogen-bond acceptors (Lipinski definition) is 4. The van der Waals surface area contributed by atoms with Gasteiger partial charge < -0.3 is 10.6 Å². The van der Waals surface area contributed by atoms with Crippen LogP contribution in [-0.4, -0.2) is 15.9 Å². The van der Waals surface area contributed by atoms with Crippen molar-refractivity contribution in [2.24, 2.45) is 0 Å². The molecule has 5 nitrogen and oxygen atoms in total. The first kappa shape index (κ1) is 16.6. The van der Waals surface area contributed by atoms with E-state index in [0.717, 1.165) is 11.3 Å². The van der Waals surface area contributed by atoms with Crippen LogP contribution in [0.3, 0.4) is 0 Å². The lowest BCUT2D eigenvalue weighted by Gasteiger charge is -2.10. The average Bonchev–Trinajstić information content (AvgIpc) is 2.58. The number of amides is 1. The Balaban J connectivity index is 1.82. The van der Waals surface area contributed by atoms with Crippen molar-refractivity contribution < 1.29 is 9.18 Å². The number of hydrogen-bond donors (Lipinski definition) is 2. The van der Waals surface area contributed by atoms with Crippen molar-refractivity contribution in [3.8, 4) is 0 Å². The predicted octanol–water partition coefficient (Wildman–Crippen LogP) is 4.23. The normalized spacial score (nSPS) is 10.4. The van der Waals surface area contributed by atoms with Crippen molar-refractivity contribution >= 4 is 23.2 Å². The van der Waals surface area contributed by atoms with Crippen LogP contribution in [0.1, 0.15) is 21.7 Å². The first-order valence-electron chi connectivity index (χ1n) is 7.76. The van der Waals surface area contributed by atoms with Gasteiger partial charge in [0, 0.05) is 17.1 Å². The van der Waals surface area contributed by atoms with Crippen LogP contribution in [0.4, 0.5) is 21.7 Å². The van der Waals surface area contributed by atoms with Gasteiger partial charge in [0.2, 0.25) is 5.95 Å². The van der Waals surface area contributed by atoms with E-state index in [1.54, 1.807) is 13.0 Å². The van der Waals surface area contributed by atoms with E-state index in [-0.39, 0.29) is 17.4 Å². The second-order valence-corrected chi connectivity index (χ2v) is 5.62. The fourth-order valence-corrected chi connectivity index (χ4v) is 2.30. The SMILES string of the molecule is Cc1cc(C(=O)Nc2ccc(F)cc2)nc(Nc2ccccc2C)n1. The summed E-state index contributed by atoms with van der Waals surface area (Å²) in [4.78, 5) is 21.0. The van der Waals surface area contributed by atoms with Gasteiger partial charge in [-0.05, 0) is 55.8 Å². The maximum absolute atomic E-state index is 13.0. The van der Waals surface area contributed by atoms with Gasteiger partial charge in [0.25, 0.3) is 5.91 Å². The third-order valence-corrected chi connectivity index (χ3v) is 3.58. The number of anilines is 3. The minimum absolute atomic E-state index is 0.230. The Hall–Kier alpha value is -3.28. The number of halogens is 1. The molecular weight excluding hydrogens is 319 g/mol. The molecule has 0 bridgehead atoms. The first-order valence-corrected chi connectivity index (χ1v) is 7.76. The molecule has 126 valence electrons. The van der Waals surface area contributed by atoms with E-state index in [1.165, 1.54) is 24.3 Å². The molecule has 0 spiro atoms. The van der Waals surface area contributed by atoms with Crippen LogP contribution in [0.15, 0.2) is 54.6 Å². The van der Waals surface area contributed by atoms with E-state index in [4.69, 9.17) is 0 Å². The molecule has 1 aromatic heterocycles. The van der Waals surface area contributed by atoms with Gasteiger partial charge in [-0.1, -0.05) is 18.2 Å². The van der Waals surface area contributed by atoms with E-state index in [2.05, 4.69) is 20.6 Å². The highest BCUT2D eigenvalue weighted by Gasteiger charge is 2.12. The second-order valence-electron chi connectivity index (χ2n) is 5.62. The van der Waals surface area contributed by atoms with Crippen molar-refractivity contribution in [2.45, 2.75) is 13.8 Å². The average molecular weight is 336 g/mol. The van der Waals surface area contributed by atoms with Gasteiger partial charge in [-0.25, -0.2) is 14.4 Å². The minimum Gasteiger partial charge on any atom is -0.324 e. The number of carbonyl (C=O) groups excluding carboxylic acids is 1. The van der Waals surface area contributed by atoms with Crippen LogP contribution in [0.25, 0.3) is 0 Å². The Morgan fingerprint density at radius 1 is 1.00 bits per heavy atom. The molecule has 0 atom stereocenters. The first-order chi connectivity index (χ1) is 12.0. The lowest BCUT2D eigenvalue weighted by Crippen LogP contribution is -2.15. The van der Waals surface area contributed by atoms with Crippen molar-refractivity contribution in [3.05, 3.63) is 77.4 Å². The van der Waals surface area contributed by atoms with Crippen molar-refractivity contribution in [1.82, 2.24) is 9.97 Å². The van der Waals surface area contributed by atoms with Gasteiger partial charge in [0.15, 0.2) is 0 Å². The molecule has 2 N–H and O–H groups in total. The van der Waals surface area contributed by atoms with Gasteiger partial charge >= 0.3 is 0 Å². The van der Waals surface area contributed by atoms with E-state index in [9.17, 15) is 9.18 Å². The Morgan fingerprint density at radius 2 is 1.72 bits per heavy atom. The zero-order chi connectivity index (χ0) is 17.8. The Labute approximate surface area is 145 Å². The number of benzene rings is 2. The summed E-state index contributed by atoms with van der Waals surface area (Å²) < 4.78 is 13.0. The number of rotatable bonds is 4. The van der Waals surface area contributed by atoms with E-state index >= 15 is 0 Å². The summed E-state index contributed by atoms with van der Waals surface area (Å²) in [6.45, 7) is 3.76. The molecule has 0 fully saturated rings. The third-order valence-electron chi connectivity index (χ3n) is 3.58. The molecule has 3 rings (SSSR count). The van der Waals surface area contributed by atoms with Gasteiger partial charge in [-0.2, -0.15) is 0 Å². The topological polar surface area (TPSA) is 66.9 Å². The zero-order valence-electron chi connectivity index (χ0n) is 13.9. The molecule has 0 radical (unpaired) electrons. The molecular formula is C19H17FN4O. The quantitative estimate of drug-likeness (QED) is 0.748. The highest BCUT2D eigenvalue weighted by molar-refractivity contribution is 6.03. The van der Waals surface area contributed by atoms with Gasteiger partial charge in [0.05, 0.1) is 0 Å². The Bertz CT molecular complexity index is 910. The molecule has 0 aliphatic heterocycles. The van der Waals surface area contributed by atoms with Crippen LogP contribution in [0.5, 0.6) is 0 Å². The molecule has 0 aliphatic rings.